The normalized spacial score (nSPS) is 15.8. The van der Waals surface area contributed by atoms with Gasteiger partial charge in [0.25, 0.3) is 0 Å². The standard InChI is InChI=1S/C17H16F3N5/c18-17(19,20)16-13(2-1-4-23-16)12-24-6-8-25(9-7-24)15-3-5-22-14(10-15)11-21/h1-5,10H,6-9,12H2. The van der Waals surface area contributed by atoms with Crippen LogP contribution in [0.15, 0.2) is 36.7 Å². The Bertz CT molecular complexity index is 776. The monoisotopic (exact) mass is 347 g/mol. The molecule has 0 amide bonds. The highest BCUT2D eigenvalue weighted by Gasteiger charge is 2.35. The van der Waals surface area contributed by atoms with Crippen LogP contribution in [0.1, 0.15) is 17.0 Å². The van der Waals surface area contributed by atoms with Crippen LogP contribution in [0.2, 0.25) is 0 Å². The molecule has 0 atom stereocenters. The Hall–Kier alpha value is -2.66. The summed E-state index contributed by atoms with van der Waals surface area (Å²) in [5, 5.41) is 8.92. The number of halogens is 3. The molecule has 1 fully saturated rings. The maximum atomic E-state index is 13.0. The van der Waals surface area contributed by atoms with E-state index in [9.17, 15) is 13.2 Å². The molecule has 8 heteroatoms. The van der Waals surface area contributed by atoms with Crippen LogP contribution in [-0.4, -0.2) is 41.0 Å². The zero-order chi connectivity index (χ0) is 17.9. The fourth-order valence-corrected chi connectivity index (χ4v) is 2.90. The number of piperazine rings is 1. The molecule has 1 aliphatic rings. The Balaban J connectivity index is 1.65. The van der Waals surface area contributed by atoms with Crippen molar-refractivity contribution in [2.75, 3.05) is 31.1 Å². The van der Waals surface area contributed by atoms with Crippen molar-refractivity contribution in [2.45, 2.75) is 12.7 Å². The molecule has 3 rings (SSSR count). The van der Waals surface area contributed by atoms with E-state index >= 15 is 0 Å². The third kappa shape index (κ3) is 4.06. The first-order chi connectivity index (χ1) is 12.0. The van der Waals surface area contributed by atoms with Crippen LogP contribution < -0.4 is 4.90 Å². The van der Waals surface area contributed by atoms with Gasteiger partial charge in [-0.1, -0.05) is 6.07 Å². The zero-order valence-corrected chi connectivity index (χ0v) is 13.4. The Morgan fingerprint density at radius 3 is 2.52 bits per heavy atom. The van der Waals surface area contributed by atoms with Crippen LogP contribution in [0.4, 0.5) is 18.9 Å². The van der Waals surface area contributed by atoms with Gasteiger partial charge in [0.2, 0.25) is 0 Å². The van der Waals surface area contributed by atoms with Crippen molar-refractivity contribution in [3.63, 3.8) is 0 Å². The summed E-state index contributed by atoms with van der Waals surface area (Å²) in [6.07, 6.45) is -1.69. The SMILES string of the molecule is N#Cc1cc(N2CCN(Cc3cccnc3C(F)(F)F)CC2)ccn1. The molecule has 25 heavy (non-hydrogen) atoms. The van der Waals surface area contributed by atoms with Gasteiger partial charge in [0.15, 0.2) is 0 Å². The molecule has 0 saturated carbocycles. The van der Waals surface area contributed by atoms with Gasteiger partial charge >= 0.3 is 6.18 Å². The molecule has 130 valence electrons. The zero-order valence-electron chi connectivity index (χ0n) is 13.4. The average molecular weight is 347 g/mol. The number of hydrogen-bond acceptors (Lipinski definition) is 5. The van der Waals surface area contributed by atoms with Gasteiger partial charge in [-0.2, -0.15) is 18.4 Å². The van der Waals surface area contributed by atoms with Crippen LogP contribution in [-0.2, 0) is 12.7 Å². The molecule has 2 aromatic rings. The Morgan fingerprint density at radius 2 is 1.84 bits per heavy atom. The van der Waals surface area contributed by atoms with Gasteiger partial charge in [0.1, 0.15) is 17.5 Å². The van der Waals surface area contributed by atoms with Gasteiger partial charge in [0.05, 0.1) is 0 Å². The van der Waals surface area contributed by atoms with E-state index in [0.717, 1.165) is 5.69 Å². The van der Waals surface area contributed by atoms with Crippen molar-refractivity contribution in [3.8, 4) is 6.07 Å². The third-order valence-corrected chi connectivity index (χ3v) is 4.15. The molecule has 1 aliphatic heterocycles. The summed E-state index contributed by atoms with van der Waals surface area (Å²) in [5.41, 5.74) is 0.637. The van der Waals surface area contributed by atoms with Crippen molar-refractivity contribution in [2.24, 2.45) is 0 Å². The van der Waals surface area contributed by atoms with Gasteiger partial charge < -0.3 is 4.90 Å². The lowest BCUT2D eigenvalue weighted by Crippen LogP contribution is -2.46. The first-order valence-corrected chi connectivity index (χ1v) is 7.82. The summed E-state index contributed by atoms with van der Waals surface area (Å²) in [6, 6.07) is 8.57. The van der Waals surface area contributed by atoms with Crippen LogP contribution >= 0.6 is 0 Å². The molecule has 5 nitrogen and oxygen atoms in total. The molecule has 0 aliphatic carbocycles. The maximum Gasteiger partial charge on any atom is 0.433 e. The summed E-state index contributed by atoms with van der Waals surface area (Å²) in [7, 11) is 0. The molecule has 0 N–H and O–H groups in total. The smallest absolute Gasteiger partial charge is 0.369 e. The van der Waals surface area contributed by atoms with E-state index < -0.39 is 11.9 Å². The predicted octanol–water partition coefficient (Wildman–Crippen LogP) is 2.69. The van der Waals surface area contributed by atoms with E-state index in [1.54, 1.807) is 12.3 Å². The largest absolute Gasteiger partial charge is 0.433 e. The lowest BCUT2D eigenvalue weighted by Gasteiger charge is -2.36. The van der Waals surface area contributed by atoms with Crippen LogP contribution in [0.25, 0.3) is 0 Å². The van der Waals surface area contributed by atoms with E-state index in [-0.39, 0.29) is 12.1 Å². The first kappa shape index (κ1) is 17.2. The lowest BCUT2D eigenvalue weighted by atomic mass is 10.1. The summed E-state index contributed by atoms with van der Waals surface area (Å²) in [6.45, 7) is 2.84. The van der Waals surface area contributed by atoms with E-state index in [1.165, 1.54) is 18.3 Å². The highest BCUT2D eigenvalue weighted by molar-refractivity contribution is 5.49. The van der Waals surface area contributed by atoms with E-state index in [4.69, 9.17) is 5.26 Å². The molecule has 0 unspecified atom stereocenters. The second-order valence-corrected chi connectivity index (χ2v) is 5.78. The topological polar surface area (TPSA) is 56.1 Å². The molecule has 0 spiro atoms. The number of rotatable bonds is 3. The molecule has 2 aromatic heterocycles. The van der Waals surface area contributed by atoms with Crippen molar-refractivity contribution < 1.29 is 13.2 Å². The lowest BCUT2D eigenvalue weighted by molar-refractivity contribution is -0.142. The van der Waals surface area contributed by atoms with Crippen LogP contribution in [0.3, 0.4) is 0 Å². The number of hydrogen-bond donors (Lipinski definition) is 0. The number of anilines is 1. The number of aromatic nitrogens is 2. The van der Waals surface area contributed by atoms with Crippen LogP contribution in [0, 0.1) is 11.3 Å². The molecular weight excluding hydrogens is 331 g/mol. The highest BCUT2D eigenvalue weighted by atomic mass is 19.4. The van der Waals surface area contributed by atoms with E-state index in [1.807, 2.05) is 17.0 Å². The van der Waals surface area contributed by atoms with Gasteiger partial charge in [-0.15, -0.1) is 0 Å². The number of pyridine rings is 2. The van der Waals surface area contributed by atoms with Gasteiger partial charge in [-0.25, -0.2) is 4.98 Å². The average Bonchev–Trinajstić information content (AvgIpc) is 2.62. The minimum Gasteiger partial charge on any atom is -0.369 e. The fourth-order valence-electron chi connectivity index (χ4n) is 2.90. The first-order valence-electron chi connectivity index (χ1n) is 7.82. The maximum absolute atomic E-state index is 13.0. The van der Waals surface area contributed by atoms with Crippen molar-refractivity contribution in [1.29, 1.82) is 5.26 Å². The number of nitrogens with zero attached hydrogens (tertiary/aromatic N) is 5. The summed E-state index contributed by atoms with van der Waals surface area (Å²) >= 11 is 0. The Kier molecular flexibility index (Phi) is 4.86. The van der Waals surface area contributed by atoms with Crippen molar-refractivity contribution in [1.82, 2.24) is 14.9 Å². The summed E-state index contributed by atoms with van der Waals surface area (Å²) in [4.78, 5) is 11.5. The molecule has 1 saturated heterocycles. The van der Waals surface area contributed by atoms with Crippen molar-refractivity contribution >= 4 is 5.69 Å². The van der Waals surface area contributed by atoms with Crippen LogP contribution in [0.5, 0.6) is 0 Å². The summed E-state index contributed by atoms with van der Waals surface area (Å²) < 4.78 is 39.1. The van der Waals surface area contributed by atoms with Gasteiger partial charge in [-0.05, 0) is 23.8 Å². The number of nitriles is 1. The Labute approximate surface area is 143 Å². The predicted molar refractivity (Wildman–Crippen MR) is 85.7 cm³/mol. The van der Waals surface area contributed by atoms with Gasteiger partial charge in [0, 0.05) is 50.8 Å². The van der Waals surface area contributed by atoms with Crippen molar-refractivity contribution in [3.05, 3.63) is 53.6 Å². The van der Waals surface area contributed by atoms with E-state index in [0.29, 0.717) is 31.9 Å². The molecule has 3 heterocycles. The third-order valence-electron chi connectivity index (χ3n) is 4.15. The molecule has 0 bridgehead atoms. The highest BCUT2D eigenvalue weighted by Crippen LogP contribution is 2.30. The molecule has 0 radical (unpaired) electrons. The minimum atomic E-state index is -4.44. The Morgan fingerprint density at radius 1 is 1.08 bits per heavy atom. The number of alkyl halides is 3. The summed E-state index contributed by atoms with van der Waals surface area (Å²) in [5.74, 6) is 0. The van der Waals surface area contributed by atoms with Gasteiger partial charge in [-0.3, -0.25) is 9.88 Å². The molecular formula is C17H16F3N5. The fraction of sp³-hybridized carbons (Fsp3) is 0.353. The minimum absolute atomic E-state index is 0.194. The van der Waals surface area contributed by atoms with E-state index in [2.05, 4.69) is 14.9 Å². The molecule has 0 aromatic carbocycles. The second kappa shape index (κ2) is 7.07. The second-order valence-electron chi connectivity index (χ2n) is 5.78. The quantitative estimate of drug-likeness (QED) is 0.854.